The minimum absolute atomic E-state index is 0.000136. The fourth-order valence-electron chi connectivity index (χ4n) is 4.02. The van der Waals surface area contributed by atoms with E-state index in [0.29, 0.717) is 18.2 Å². The van der Waals surface area contributed by atoms with Crippen molar-refractivity contribution in [2.45, 2.75) is 58.4 Å². The lowest BCUT2D eigenvalue weighted by molar-refractivity contribution is -0.117. The summed E-state index contributed by atoms with van der Waals surface area (Å²) in [5, 5.41) is 12.6. The molecule has 0 bridgehead atoms. The molecule has 0 spiro atoms. The number of carbonyl (C=O) groups excluding carboxylic acids is 1. The molecule has 0 atom stereocenters. The number of carbonyl (C=O) groups is 1. The van der Waals surface area contributed by atoms with Crippen molar-refractivity contribution in [3.8, 4) is 6.07 Å². The summed E-state index contributed by atoms with van der Waals surface area (Å²) >= 11 is 0. The molecule has 2 fully saturated rings. The summed E-state index contributed by atoms with van der Waals surface area (Å²) in [5.41, 5.74) is 2.74. The van der Waals surface area contributed by atoms with Gasteiger partial charge in [-0.3, -0.25) is 9.69 Å². The van der Waals surface area contributed by atoms with E-state index in [-0.39, 0.29) is 5.91 Å². The minimum Gasteiger partial charge on any atom is -0.327 e. The van der Waals surface area contributed by atoms with Crippen LogP contribution in [0.5, 0.6) is 0 Å². The molecule has 1 N–H and O–H groups in total. The maximum absolute atomic E-state index is 12.4. The Labute approximate surface area is 138 Å². The van der Waals surface area contributed by atoms with Crippen molar-refractivity contribution in [1.29, 1.82) is 5.26 Å². The smallest absolute Gasteiger partial charge is 0.239 e. The van der Waals surface area contributed by atoms with E-state index in [9.17, 15) is 10.1 Å². The average Bonchev–Trinajstić information content (AvgIpc) is 3.24. The molecule has 0 unspecified atom stereocenters. The van der Waals surface area contributed by atoms with Crippen LogP contribution in [0.25, 0.3) is 0 Å². The second-order valence-electron chi connectivity index (χ2n) is 6.89. The molecule has 1 amide bonds. The van der Waals surface area contributed by atoms with Gasteiger partial charge in [0.05, 0.1) is 12.1 Å². The van der Waals surface area contributed by atoms with Gasteiger partial charge in [-0.2, -0.15) is 5.26 Å². The molecule has 1 aromatic rings. The predicted octanol–water partition coefficient (Wildman–Crippen LogP) is 3.13. The number of nitriles is 1. The molecule has 1 aliphatic heterocycles. The highest BCUT2D eigenvalue weighted by Gasteiger charge is 2.27. The molecule has 23 heavy (non-hydrogen) atoms. The number of rotatable bonds is 4. The van der Waals surface area contributed by atoms with Crippen molar-refractivity contribution in [2.24, 2.45) is 0 Å². The van der Waals surface area contributed by atoms with Gasteiger partial charge >= 0.3 is 0 Å². The Kier molecular flexibility index (Phi) is 4.72. The minimum atomic E-state index is 0.000136. The summed E-state index contributed by atoms with van der Waals surface area (Å²) in [6.07, 6.45) is 7.07. The highest BCUT2D eigenvalue weighted by Crippen LogP contribution is 2.37. The van der Waals surface area contributed by atoms with Crippen LogP contribution in [0, 0.1) is 25.2 Å². The standard InChI is InChI=1S/C18H26N4O/c1-13-14(2)22(15-7-3-4-8-15)18(16(13)11-19)20-17(23)12-21-9-5-6-10-21/h15H,3-10,12H2,1-2H3,(H,20,23). The van der Waals surface area contributed by atoms with Crippen LogP contribution in [-0.4, -0.2) is 35.0 Å². The number of hydrogen-bond donors (Lipinski definition) is 1. The topological polar surface area (TPSA) is 61.1 Å². The van der Waals surface area contributed by atoms with Crippen LogP contribution in [0.3, 0.4) is 0 Å². The van der Waals surface area contributed by atoms with E-state index in [4.69, 9.17) is 0 Å². The molecule has 2 aliphatic rings. The zero-order valence-electron chi connectivity index (χ0n) is 14.2. The third-order valence-electron chi connectivity index (χ3n) is 5.38. The van der Waals surface area contributed by atoms with Gasteiger partial charge in [0.2, 0.25) is 5.91 Å². The van der Waals surface area contributed by atoms with Gasteiger partial charge in [-0.05, 0) is 58.2 Å². The number of amides is 1. The fourth-order valence-corrected chi connectivity index (χ4v) is 4.02. The monoisotopic (exact) mass is 314 g/mol. The van der Waals surface area contributed by atoms with Crippen molar-refractivity contribution >= 4 is 11.7 Å². The Bertz CT molecular complexity index is 628. The van der Waals surface area contributed by atoms with Crippen molar-refractivity contribution in [2.75, 3.05) is 25.0 Å². The first-order valence-corrected chi connectivity index (χ1v) is 8.75. The van der Waals surface area contributed by atoms with Gasteiger partial charge in [0, 0.05) is 11.7 Å². The molecule has 5 nitrogen and oxygen atoms in total. The fraction of sp³-hybridized carbons (Fsp3) is 0.667. The Balaban J connectivity index is 1.85. The van der Waals surface area contributed by atoms with Gasteiger partial charge in [-0.1, -0.05) is 12.8 Å². The third kappa shape index (κ3) is 3.13. The molecule has 0 radical (unpaired) electrons. The summed E-state index contributed by atoms with van der Waals surface area (Å²) in [7, 11) is 0. The first kappa shape index (κ1) is 16.1. The zero-order valence-corrected chi connectivity index (χ0v) is 14.2. The number of aromatic nitrogens is 1. The molecule has 1 aromatic heterocycles. The van der Waals surface area contributed by atoms with E-state index in [1.54, 1.807) is 0 Å². The van der Waals surface area contributed by atoms with E-state index >= 15 is 0 Å². The second kappa shape index (κ2) is 6.76. The maximum atomic E-state index is 12.4. The van der Waals surface area contributed by atoms with Gasteiger partial charge in [-0.25, -0.2) is 0 Å². The molecule has 0 aromatic carbocycles. The summed E-state index contributed by atoms with van der Waals surface area (Å²) in [5.74, 6) is 0.721. The molecule has 5 heteroatoms. The Morgan fingerprint density at radius 2 is 1.87 bits per heavy atom. The van der Waals surface area contributed by atoms with E-state index in [1.807, 2.05) is 6.92 Å². The maximum Gasteiger partial charge on any atom is 0.239 e. The summed E-state index contributed by atoms with van der Waals surface area (Å²) in [6, 6.07) is 2.71. The van der Waals surface area contributed by atoms with Crippen LogP contribution >= 0.6 is 0 Å². The van der Waals surface area contributed by atoms with Crippen molar-refractivity contribution in [3.05, 3.63) is 16.8 Å². The summed E-state index contributed by atoms with van der Waals surface area (Å²) < 4.78 is 2.21. The number of nitrogens with one attached hydrogen (secondary N) is 1. The number of anilines is 1. The van der Waals surface area contributed by atoms with Gasteiger partial charge in [0.15, 0.2) is 0 Å². The lowest BCUT2D eigenvalue weighted by Gasteiger charge is -2.20. The van der Waals surface area contributed by atoms with Crippen molar-refractivity contribution in [3.63, 3.8) is 0 Å². The van der Waals surface area contributed by atoms with Gasteiger partial charge in [0.1, 0.15) is 11.9 Å². The van der Waals surface area contributed by atoms with Gasteiger partial charge in [-0.15, -0.1) is 0 Å². The Morgan fingerprint density at radius 1 is 1.22 bits per heavy atom. The normalized spacial score (nSPS) is 19.2. The molecular formula is C18H26N4O. The van der Waals surface area contributed by atoms with Gasteiger partial charge in [0.25, 0.3) is 0 Å². The quantitative estimate of drug-likeness (QED) is 0.929. The van der Waals surface area contributed by atoms with Crippen LogP contribution < -0.4 is 5.32 Å². The van der Waals surface area contributed by atoms with Crippen LogP contribution in [0.2, 0.25) is 0 Å². The van der Waals surface area contributed by atoms with E-state index in [2.05, 4.69) is 27.8 Å². The van der Waals surface area contributed by atoms with Gasteiger partial charge < -0.3 is 9.88 Å². The molecule has 1 saturated carbocycles. The van der Waals surface area contributed by atoms with Crippen LogP contribution in [0.15, 0.2) is 0 Å². The number of nitrogens with zero attached hydrogens (tertiary/aromatic N) is 3. The summed E-state index contributed by atoms with van der Waals surface area (Å²) in [4.78, 5) is 14.6. The van der Waals surface area contributed by atoms with Crippen LogP contribution in [0.4, 0.5) is 5.82 Å². The largest absolute Gasteiger partial charge is 0.327 e. The van der Waals surface area contributed by atoms with E-state index < -0.39 is 0 Å². The molecular weight excluding hydrogens is 288 g/mol. The van der Waals surface area contributed by atoms with Crippen LogP contribution in [-0.2, 0) is 4.79 Å². The third-order valence-corrected chi connectivity index (χ3v) is 5.38. The highest BCUT2D eigenvalue weighted by molar-refractivity contribution is 5.93. The van der Waals surface area contributed by atoms with E-state index in [1.165, 1.54) is 25.7 Å². The molecule has 1 aliphatic carbocycles. The van der Waals surface area contributed by atoms with Crippen molar-refractivity contribution < 1.29 is 4.79 Å². The molecule has 1 saturated heterocycles. The lowest BCUT2D eigenvalue weighted by atomic mass is 10.2. The molecule has 124 valence electrons. The first-order chi connectivity index (χ1) is 11.1. The lowest BCUT2D eigenvalue weighted by Crippen LogP contribution is -2.32. The zero-order chi connectivity index (χ0) is 16.4. The van der Waals surface area contributed by atoms with Crippen LogP contribution in [0.1, 0.15) is 61.4 Å². The number of likely N-dealkylation sites (tertiary alicyclic amines) is 1. The first-order valence-electron chi connectivity index (χ1n) is 8.75. The Hall–Kier alpha value is -1.80. The number of hydrogen-bond acceptors (Lipinski definition) is 3. The molecule has 2 heterocycles. The predicted molar refractivity (Wildman–Crippen MR) is 90.4 cm³/mol. The van der Waals surface area contributed by atoms with Crippen molar-refractivity contribution in [1.82, 2.24) is 9.47 Å². The van der Waals surface area contributed by atoms with E-state index in [0.717, 1.165) is 43.0 Å². The summed E-state index contributed by atoms with van der Waals surface area (Å²) in [6.45, 7) is 6.47. The molecule has 3 rings (SSSR count). The SMILES string of the molecule is Cc1c(C#N)c(NC(=O)CN2CCCC2)n(C2CCCC2)c1C. The second-order valence-corrected chi connectivity index (χ2v) is 6.89. The Morgan fingerprint density at radius 3 is 2.48 bits per heavy atom. The highest BCUT2D eigenvalue weighted by atomic mass is 16.2. The average molecular weight is 314 g/mol.